The second-order valence-corrected chi connectivity index (χ2v) is 26.2. The van der Waals surface area contributed by atoms with Crippen LogP contribution in [0.1, 0.15) is 173 Å². The number of ether oxygens (including phenoxy) is 4. The molecule has 3 aliphatic heterocycles. The molecule has 2 N–H and O–H groups in total. The van der Waals surface area contributed by atoms with E-state index >= 15 is 8.78 Å². The molecule has 20 heteroatoms. The van der Waals surface area contributed by atoms with Crippen LogP contribution in [0.5, 0.6) is 0 Å². The number of alkyl halides is 2. The van der Waals surface area contributed by atoms with E-state index in [4.69, 9.17) is 23.9 Å². The Labute approximate surface area is 472 Å². The van der Waals surface area contributed by atoms with Crippen LogP contribution in [0.25, 0.3) is 28.5 Å². The topological polar surface area (TPSA) is 194 Å². The van der Waals surface area contributed by atoms with E-state index in [0.717, 1.165) is 25.7 Å². The lowest BCUT2D eigenvalue weighted by Gasteiger charge is -2.40. The molecule has 2 bridgehead atoms. The van der Waals surface area contributed by atoms with Gasteiger partial charge in [-0.3, -0.25) is 14.5 Å². The maximum absolute atomic E-state index is 17.5. The fourth-order valence-electron chi connectivity index (χ4n) is 13.5. The molecule has 0 radical (unpaired) electrons. The highest BCUT2D eigenvalue weighted by Crippen LogP contribution is 2.58. The van der Waals surface area contributed by atoms with E-state index in [1.807, 2.05) is 51.7 Å². The third-order valence-electron chi connectivity index (χ3n) is 17.4. The van der Waals surface area contributed by atoms with E-state index in [0.29, 0.717) is 76.5 Å². The first-order valence-electron chi connectivity index (χ1n) is 28.5. The Morgan fingerprint density at radius 1 is 0.778 bits per heavy atom. The number of likely N-dealkylation sites (N-methyl/N-ethyl adjacent to an activating group) is 1. The molecule has 1 aromatic heterocycles. The number of hydrogen-bond donors (Lipinski definition) is 2. The SMILES string of the molecule is COC(=O)NC(C(=O)N1CC2(CC2)CC1C1N(C)C=C(c2ccc3c(c2)C(F)(F)c2cc(C4=Cc5c(nc(C6C7CCC(C7)N6C(=O)C(NC(=O)OC)C(C)C)n5C(=O)OC(C)(C)C)C(C)C4)ccc2-3)N1C(=O)OC(C)(C)C)C(C)C. The first-order valence-corrected chi connectivity index (χ1v) is 28.5. The Morgan fingerprint density at radius 3 is 1.91 bits per heavy atom. The van der Waals surface area contributed by atoms with Gasteiger partial charge >= 0.3 is 24.4 Å². The summed E-state index contributed by atoms with van der Waals surface area (Å²) in [5.74, 6) is -4.60. The van der Waals surface area contributed by atoms with Crippen LogP contribution in [0.3, 0.4) is 0 Å². The van der Waals surface area contributed by atoms with Crippen LogP contribution >= 0.6 is 0 Å². The van der Waals surface area contributed by atoms with Crippen molar-refractivity contribution in [2.24, 2.45) is 23.2 Å². The molecular formula is C61H78F2N8O10. The molecule has 1 spiro atoms. The van der Waals surface area contributed by atoms with E-state index in [-0.39, 0.29) is 58.1 Å². The monoisotopic (exact) mass is 1120 g/mol. The zero-order valence-corrected chi connectivity index (χ0v) is 49.1. The number of nitrogens with one attached hydrogen (secondary N) is 2. The highest BCUT2D eigenvalue weighted by Gasteiger charge is 2.60. The summed E-state index contributed by atoms with van der Waals surface area (Å²) >= 11 is 0. The van der Waals surface area contributed by atoms with E-state index < -0.39 is 71.8 Å². The molecule has 4 heterocycles. The van der Waals surface area contributed by atoms with Gasteiger partial charge in [0.05, 0.1) is 43.4 Å². The summed E-state index contributed by atoms with van der Waals surface area (Å²) in [5, 5.41) is 5.45. The lowest BCUT2D eigenvalue weighted by molar-refractivity contribution is -0.139. The van der Waals surface area contributed by atoms with Gasteiger partial charge in [-0.1, -0.05) is 58.9 Å². The number of carbonyl (C=O) groups excluding carboxylic acids is 6. The van der Waals surface area contributed by atoms with Crippen LogP contribution < -0.4 is 10.6 Å². The van der Waals surface area contributed by atoms with Crippen LogP contribution in [-0.4, -0.2) is 135 Å². The lowest BCUT2D eigenvalue weighted by atomic mass is 9.86. The second-order valence-electron chi connectivity index (χ2n) is 26.2. The van der Waals surface area contributed by atoms with Gasteiger partial charge in [-0.15, -0.1) is 0 Å². The van der Waals surface area contributed by atoms with E-state index in [2.05, 4.69) is 10.6 Å². The maximum atomic E-state index is 17.5. The standard InChI is InChI=1S/C61H78F2N8O10/c1-31(2)46(65-54(74)78-13)52(72)68-30-60(21-22-60)28-44(68)51-67(12)29-45(71(51)57(77)81-59(9,10)11)35-17-20-40-39-19-16-34(25-41(39)61(62,63)42(40)26-35)37-23-33(5)48-43(27-37)70(56(76)80-58(6,7)8)50(64-48)49-36-15-18-38(24-36)69(49)53(73)47(32(3)4)66-55(75)79-14/h16-17,19-20,25-27,29,31-33,36,38,44,46-47,49,51H,15,18,21-24,28,30H2,1-14H3,(H,65,74)(H,66,75). The van der Waals surface area contributed by atoms with Crippen molar-refractivity contribution < 1.29 is 56.5 Å². The van der Waals surface area contributed by atoms with Crippen LogP contribution in [0.2, 0.25) is 0 Å². The quantitative estimate of drug-likeness (QED) is 0.183. The number of likely N-dealkylation sites (tertiary alicyclic amines) is 2. The summed E-state index contributed by atoms with van der Waals surface area (Å²) in [6.45, 7) is 20.4. The number of halogens is 2. The Morgan fingerprint density at radius 2 is 1.35 bits per heavy atom. The van der Waals surface area contributed by atoms with Gasteiger partial charge in [0, 0.05) is 48.4 Å². The predicted molar refractivity (Wildman–Crippen MR) is 298 cm³/mol. The molecule has 4 fully saturated rings. The molecule has 18 nitrogen and oxygen atoms in total. The van der Waals surface area contributed by atoms with E-state index in [1.54, 1.807) is 82.8 Å². The fourth-order valence-corrected chi connectivity index (χ4v) is 13.5. The number of benzene rings is 2. The lowest BCUT2D eigenvalue weighted by Crippen LogP contribution is -2.59. The summed E-state index contributed by atoms with van der Waals surface area (Å²) in [4.78, 5) is 95.7. The Balaban J connectivity index is 0.993. The number of methoxy groups -OCH3 is 2. The fraction of sp³-hybridized carbons (Fsp3) is 0.590. The number of rotatable bonds is 10. The molecule has 3 aromatic rings. The van der Waals surface area contributed by atoms with E-state index in [1.165, 1.54) is 35.8 Å². The molecule has 436 valence electrons. The van der Waals surface area contributed by atoms with Gasteiger partial charge in [0.25, 0.3) is 5.92 Å². The molecule has 8 atom stereocenters. The highest BCUT2D eigenvalue weighted by molar-refractivity contribution is 5.92. The van der Waals surface area contributed by atoms with Crippen LogP contribution in [-0.2, 0) is 34.5 Å². The number of imidazole rings is 1. The normalized spacial score (nSPS) is 24.6. The first-order chi connectivity index (χ1) is 38.0. The van der Waals surface area contributed by atoms with Gasteiger partial charge in [0.2, 0.25) is 11.8 Å². The average Bonchev–Trinajstić information content (AvgIpc) is 4.21. The van der Waals surface area contributed by atoms with Gasteiger partial charge in [-0.2, -0.15) is 8.78 Å². The molecule has 5 amide bonds. The number of amides is 5. The summed E-state index contributed by atoms with van der Waals surface area (Å²) in [6.07, 6.45) is 5.01. The highest BCUT2D eigenvalue weighted by atomic mass is 19.3. The molecule has 8 unspecified atom stereocenters. The molecule has 2 saturated heterocycles. The van der Waals surface area contributed by atoms with Gasteiger partial charge in [0.15, 0.2) is 0 Å². The third kappa shape index (κ3) is 10.3. The van der Waals surface area contributed by atoms with Crippen molar-refractivity contribution in [3.05, 3.63) is 82.1 Å². The summed E-state index contributed by atoms with van der Waals surface area (Å²) < 4.78 is 58.4. The smallest absolute Gasteiger partial charge is 0.420 e. The van der Waals surface area contributed by atoms with Crippen molar-refractivity contribution in [2.45, 2.75) is 181 Å². The number of aromatic nitrogens is 2. The van der Waals surface area contributed by atoms with Crippen LogP contribution in [0.15, 0.2) is 42.6 Å². The average molecular weight is 1120 g/mol. The number of alkyl carbamates (subject to hydrolysis) is 2. The van der Waals surface area contributed by atoms with Crippen molar-refractivity contribution in [3.63, 3.8) is 0 Å². The Bertz CT molecular complexity index is 3150. The summed E-state index contributed by atoms with van der Waals surface area (Å²) in [7, 11) is 4.29. The minimum Gasteiger partial charge on any atom is -0.453 e. The Hall–Kier alpha value is -6.99. The first kappa shape index (κ1) is 57.3. The molecule has 2 aromatic carbocycles. The molecule has 4 aliphatic carbocycles. The zero-order chi connectivity index (χ0) is 58.7. The van der Waals surface area contributed by atoms with Crippen molar-refractivity contribution in [3.8, 4) is 11.1 Å². The van der Waals surface area contributed by atoms with Crippen LogP contribution in [0, 0.1) is 23.2 Å². The largest absolute Gasteiger partial charge is 0.453 e. The third-order valence-corrected chi connectivity index (χ3v) is 17.4. The second kappa shape index (κ2) is 20.5. The molecular weight excluding hydrogens is 1040 g/mol. The van der Waals surface area contributed by atoms with Crippen molar-refractivity contribution in [1.82, 2.24) is 39.8 Å². The number of nitrogens with zero attached hydrogens (tertiary/aromatic N) is 6. The molecule has 2 saturated carbocycles. The Kier molecular flexibility index (Phi) is 14.5. The van der Waals surface area contributed by atoms with Gasteiger partial charge < -0.3 is 44.3 Å². The number of piperidine rings is 1. The number of fused-ring (bicyclic) bond motifs is 6. The molecule has 81 heavy (non-hydrogen) atoms. The number of allylic oxidation sites excluding steroid dienone is 1. The molecule has 7 aliphatic rings. The van der Waals surface area contributed by atoms with E-state index in [9.17, 15) is 28.8 Å². The minimum atomic E-state index is -3.49. The van der Waals surface area contributed by atoms with Crippen molar-refractivity contribution in [2.75, 3.05) is 27.8 Å². The van der Waals surface area contributed by atoms with Gasteiger partial charge in [-0.25, -0.2) is 28.7 Å². The number of hydrogen-bond acceptors (Lipinski definition) is 12. The van der Waals surface area contributed by atoms with Gasteiger partial charge in [0.1, 0.15) is 35.3 Å². The molecule has 10 rings (SSSR count). The van der Waals surface area contributed by atoms with Crippen molar-refractivity contribution >= 4 is 53.5 Å². The summed E-state index contributed by atoms with van der Waals surface area (Å²) in [6, 6.07) is 6.78. The number of carbonyl (C=O) groups is 6. The van der Waals surface area contributed by atoms with Crippen molar-refractivity contribution in [1.29, 1.82) is 0 Å². The van der Waals surface area contributed by atoms with Gasteiger partial charge in [-0.05, 0) is 150 Å². The van der Waals surface area contributed by atoms with Crippen LogP contribution in [0.4, 0.5) is 28.0 Å². The predicted octanol–water partition coefficient (Wildman–Crippen LogP) is 10.8. The summed E-state index contributed by atoms with van der Waals surface area (Å²) in [5.41, 5.74) is 1.26. The maximum Gasteiger partial charge on any atom is 0.420 e. The zero-order valence-electron chi connectivity index (χ0n) is 49.1. The minimum absolute atomic E-state index is 0.0218.